The average Bonchev–Trinajstić information content (AvgIpc) is 3.20. The zero-order chi connectivity index (χ0) is 22.8. The Kier molecular flexibility index (Phi) is 6.05. The van der Waals surface area contributed by atoms with Crippen LogP contribution in [-0.4, -0.2) is 29.2 Å². The van der Waals surface area contributed by atoms with Gasteiger partial charge in [0.15, 0.2) is 4.80 Å². The molecule has 0 unspecified atom stereocenters. The second kappa shape index (κ2) is 9.27. The number of rotatable bonds is 5. The molecule has 5 nitrogen and oxygen atoms in total. The van der Waals surface area contributed by atoms with Gasteiger partial charge < -0.3 is 9.30 Å². The predicted octanol–water partition coefficient (Wildman–Crippen LogP) is 5.96. The van der Waals surface area contributed by atoms with Crippen molar-refractivity contribution in [2.75, 3.05) is 13.7 Å². The molecule has 0 N–H and O–H groups in total. The van der Waals surface area contributed by atoms with Gasteiger partial charge in [0, 0.05) is 24.6 Å². The van der Waals surface area contributed by atoms with E-state index in [1.165, 1.54) is 11.3 Å². The molecule has 5 rings (SSSR count). The van der Waals surface area contributed by atoms with Gasteiger partial charge in [-0.05, 0) is 24.3 Å². The van der Waals surface area contributed by atoms with Gasteiger partial charge in [-0.15, -0.1) is 0 Å². The number of benzene rings is 3. The molecule has 0 aliphatic carbocycles. The molecule has 0 radical (unpaired) electrons. The van der Waals surface area contributed by atoms with Crippen LogP contribution in [-0.2, 0) is 11.3 Å². The van der Waals surface area contributed by atoms with E-state index in [9.17, 15) is 4.79 Å². The van der Waals surface area contributed by atoms with E-state index in [2.05, 4.69) is 4.99 Å². The number of ether oxygens (including phenoxy) is 1. The summed E-state index contributed by atoms with van der Waals surface area (Å²) in [5.41, 5.74) is 3.81. The summed E-state index contributed by atoms with van der Waals surface area (Å²) in [5, 5.41) is 1.39. The van der Waals surface area contributed by atoms with Crippen LogP contribution in [0.3, 0.4) is 0 Å². The quantitative estimate of drug-likeness (QED) is 0.316. The Morgan fingerprint density at radius 1 is 1.06 bits per heavy atom. The van der Waals surface area contributed by atoms with E-state index in [-0.39, 0.29) is 5.91 Å². The smallest absolute Gasteiger partial charge is 0.280 e. The molecule has 0 aliphatic rings. The third-order valence-corrected chi connectivity index (χ3v) is 6.73. The molecule has 1 amide bonds. The maximum absolute atomic E-state index is 13.5. The summed E-state index contributed by atoms with van der Waals surface area (Å²) in [7, 11) is 1.65. The number of carbonyl (C=O) groups excluding carboxylic acids is 1. The molecule has 2 heterocycles. The van der Waals surface area contributed by atoms with Crippen LogP contribution in [0.1, 0.15) is 10.4 Å². The van der Waals surface area contributed by atoms with Crippen LogP contribution in [0.4, 0.5) is 0 Å². The lowest BCUT2D eigenvalue weighted by atomic mass is 10.0. The SMILES string of the molecule is COCCn1c(=NC(=O)c2cc(-c3ccccc3)nc3ccccc23)sc2cccc(Cl)c21. The Hall–Kier alpha value is -3.32. The standard InChI is InChI=1S/C26H20ClN3O2S/c1-32-15-14-30-24-20(27)11-7-13-23(24)33-26(30)29-25(31)19-16-22(17-8-3-2-4-9-17)28-21-12-6-5-10-18(19)21/h2-13,16H,14-15H2,1H3. The Labute approximate surface area is 199 Å². The third kappa shape index (κ3) is 4.20. The first-order valence-electron chi connectivity index (χ1n) is 10.5. The van der Waals surface area contributed by atoms with Crippen LogP contribution in [0.5, 0.6) is 0 Å². The number of para-hydroxylation sites is 2. The number of halogens is 1. The first-order chi connectivity index (χ1) is 16.2. The second-order valence-corrected chi connectivity index (χ2v) is 8.89. The summed E-state index contributed by atoms with van der Waals surface area (Å²) >= 11 is 7.92. The Balaban J connectivity index is 1.70. The number of carbonyl (C=O) groups is 1. The van der Waals surface area contributed by atoms with Crippen molar-refractivity contribution in [2.45, 2.75) is 6.54 Å². The number of pyridine rings is 1. The molecule has 2 aromatic heterocycles. The van der Waals surface area contributed by atoms with Crippen molar-refractivity contribution in [3.63, 3.8) is 0 Å². The van der Waals surface area contributed by atoms with Gasteiger partial charge in [-0.2, -0.15) is 4.99 Å². The van der Waals surface area contributed by atoms with Crippen molar-refractivity contribution >= 4 is 50.0 Å². The molecule has 0 fully saturated rings. The highest BCUT2D eigenvalue weighted by molar-refractivity contribution is 7.16. The average molecular weight is 474 g/mol. The van der Waals surface area contributed by atoms with Crippen LogP contribution in [0.15, 0.2) is 83.9 Å². The molecule has 0 bridgehead atoms. The van der Waals surface area contributed by atoms with Gasteiger partial charge in [-0.1, -0.05) is 77.5 Å². The topological polar surface area (TPSA) is 56.5 Å². The van der Waals surface area contributed by atoms with Crippen molar-refractivity contribution in [3.8, 4) is 11.3 Å². The van der Waals surface area contributed by atoms with Gasteiger partial charge in [-0.25, -0.2) is 4.98 Å². The van der Waals surface area contributed by atoms with E-state index in [4.69, 9.17) is 21.3 Å². The lowest BCUT2D eigenvalue weighted by Crippen LogP contribution is -2.19. The number of hydrogen-bond donors (Lipinski definition) is 0. The number of methoxy groups -OCH3 is 1. The summed E-state index contributed by atoms with van der Waals surface area (Å²) in [6.07, 6.45) is 0. The highest BCUT2D eigenvalue weighted by Gasteiger charge is 2.15. The molecule has 0 atom stereocenters. The summed E-state index contributed by atoms with van der Waals surface area (Å²) in [6.45, 7) is 1.02. The Morgan fingerprint density at radius 2 is 1.85 bits per heavy atom. The number of hydrogen-bond acceptors (Lipinski definition) is 4. The monoisotopic (exact) mass is 473 g/mol. The molecule has 33 heavy (non-hydrogen) atoms. The number of aromatic nitrogens is 2. The molecule has 0 saturated heterocycles. The fraction of sp³-hybridized carbons (Fsp3) is 0.115. The maximum Gasteiger partial charge on any atom is 0.280 e. The van der Waals surface area contributed by atoms with E-state index in [1.54, 1.807) is 7.11 Å². The third-order valence-electron chi connectivity index (χ3n) is 5.38. The van der Waals surface area contributed by atoms with Crippen molar-refractivity contribution < 1.29 is 9.53 Å². The van der Waals surface area contributed by atoms with Crippen molar-refractivity contribution in [3.05, 3.63) is 94.3 Å². The van der Waals surface area contributed by atoms with Crippen molar-refractivity contribution in [1.29, 1.82) is 0 Å². The van der Waals surface area contributed by atoms with Gasteiger partial charge in [0.2, 0.25) is 0 Å². The van der Waals surface area contributed by atoms with Gasteiger partial charge in [0.1, 0.15) is 0 Å². The fourth-order valence-corrected chi connectivity index (χ4v) is 5.23. The second-order valence-electron chi connectivity index (χ2n) is 7.47. The lowest BCUT2D eigenvalue weighted by Gasteiger charge is -2.08. The minimum atomic E-state index is -0.320. The van der Waals surface area contributed by atoms with Crippen LogP contribution in [0.2, 0.25) is 5.02 Å². The number of fused-ring (bicyclic) bond motifs is 2. The molecular formula is C26H20ClN3O2S. The molecule has 5 aromatic rings. The Morgan fingerprint density at radius 3 is 2.67 bits per heavy atom. The summed E-state index contributed by atoms with van der Waals surface area (Å²) in [6, 6.07) is 25.0. The zero-order valence-electron chi connectivity index (χ0n) is 17.9. The van der Waals surface area contributed by atoms with E-state index < -0.39 is 0 Å². The van der Waals surface area contributed by atoms with Crippen LogP contribution >= 0.6 is 22.9 Å². The molecule has 7 heteroatoms. The first kappa shape index (κ1) is 21.5. The van der Waals surface area contributed by atoms with Gasteiger partial charge >= 0.3 is 0 Å². The van der Waals surface area contributed by atoms with E-state index in [0.29, 0.717) is 28.5 Å². The fourth-order valence-electron chi connectivity index (χ4n) is 3.82. The summed E-state index contributed by atoms with van der Waals surface area (Å²) in [5.74, 6) is -0.320. The number of thiazole rings is 1. The molecule has 3 aromatic carbocycles. The van der Waals surface area contributed by atoms with Crippen LogP contribution < -0.4 is 4.80 Å². The molecule has 0 spiro atoms. The van der Waals surface area contributed by atoms with Crippen molar-refractivity contribution in [2.24, 2.45) is 4.99 Å². The van der Waals surface area contributed by atoms with Gasteiger partial charge in [-0.3, -0.25) is 4.79 Å². The molecule has 0 saturated carbocycles. The number of nitrogens with zero attached hydrogens (tertiary/aromatic N) is 3. The maximum atomic E-state index is 13.5. The normalized spacial score (nSPS) is 12.0. The first-order valence-corrected chi connectivity index (χ1v) is 11.7. The molecule has 164 valence electrons. The van der Waals surface area contributed by atoms with Gasteiger partial charge in [0.05, 0.1) is 38.6 Å². The highest BCUT2D eigenvalue weighted by Crippen LogP contribution is 2.27. The lowest BCUT2D eigenvalue weighted by molar-refractivity contribution is 0.0999. The van der Waals surface area contributed by atoms with Gasteiger partial charge in [0.25, 0.3) is 5.91 Å². The minimum absolute atomic E-state index is 0.320. The minimum Gasteiger partial charge on any atom is -0.383 e. The van der Waals surface area contributed by atoms with Crippen molar-refractivity contribution in [1.82, 2.24) is 9.55 Å². The van der Waals surface area contributed by atoms with E-state index in [1.807, 2.05) is 83.4 Å². The predicted molar refractivity (Wildman–Crippen MR) is 134 cm³/mol. The Bertz CT molecular complexity index is 1540. The number of amides is 1. The van der Waals surface area contributed by atoms with Crippen LogP contribution in [0, 0.1) is 0 Å². The largest absolute Gasteiger partial charge is 0.383 e. The van der Waals surface area contributed by atoms with E-state index >= 15 is 0 Å². The summed E-state index contributed by atoms with van der Waals surface area (Å²) < 4.78 is 8.19. The summed E-state index contributed by atoms with van der Waals surface area (Å²) in [4.78, 5) is 23.4. The zero-order valence-corrected chi connectivity index (χ0v) is 19.4. The van der Waals surface area contributed by atoms with E-state index in [0.717, 1.165) is 32.4 Å². The highest BCUT2D eigenvalue weighted by atomic mass is 35.5. The molecule has 0 aliphatic heterocycles. The van der Waals surface area contributed by atoms with Crippen LogP contribution in [0.25, 0.3) is 32.4 Å². The molecular weight excluding hydrogens is 454 g/mol.